The second-order valence-corrected chi connectivity index (χ2v) is 13.4. The molecule has 2 aromatic carbocycles. The van der Waals surface area contributed by atoms with Crippen LogP contribution in [0.3, 0.4) is 0 Å². The van der Waals surface area contributed by atoms with E-state index < -0.39 is 26.7 Å². The molecule has 2 heterocycles. The summed E-state index contributed by atoms with van der Waals surface area (Å²) in [4.78, 5) is 15.5. The van der Waals surface area contributed by atoms with E-state index in [1.54, 1.807) is 30.6 Å². The number of nitrogens with one attached hydrogen (secondary N) is 1. The van der Waals surface area contributed by atoms with Gasteiger partial charge in [0.25, 0.3) is 5.91 Å². The summed E-state index contributed by atoms with van der Waals surface area (Å²) in [7, 11) is -1.99. The van der Waals surface area contributed by atoms with Gasteiger partial charge in [-0.2, -0.15) is 0 Å². The molecular formula is C29H34N2O6S2. The molecule has 3 N–H and O–H groups in total. The van der Waals surface area contributed by atoms with Crippen LogP contribution >= 0.6 is 11.3 Å². The summed E-state index contributed by atoms with van der Waals surface area (Å²) in [5.41, 5.74) is 3.43. The second kappa shape index (κ2) is 11.9. The molecule has 39 heavy (non-hydrogen) atoms. The molecule has 2 unspecified atom stereocenters. The minimum atomic E-state index is -3.66. The van der Waals surface area contributed by atoms with Crippen LogP contribution in [0.4, 0.5) is 0 Å². The maximum Gasteiger partial charge on any atom is 0.255 e. The lowest BCUT2D eigenvalue weighted by atomic mass is 9.97. The summed E-state index contributed by atoms with van der Waals surface area (Å²) in [5.74, 6) is 0.0903. The lowest BCUT2D eigenvalue weighted by Crippen LogP contribution is -2.51. The second-order valence-electron chi connectivity index (χ2n) is 9.98. The SMILES string of the molecule is COc1ccsc1-c1ccc(C2=CCN(C(O)CC(C)(CNC(=O)c3ccccc3O)S(C)(=O)=O)CC2)cc1. The first-order chi connectivity index (χ1) is 18.5. The van der Waals surface area contributed by atoms with Crippen molar-refractivity contribution < 1.29 is 28.2 Å². The van der Waals surface area contributed by atoms with Crippen molar-refractivity contribution in [2.45, 2.75) is 30.7 Å². The fraction of sp³-hybridized carbons (Fsp3) is 0.345. The number of para-hydroxylation sites is 1. The van der Waals surface area contributed by atoms with Gasteiger partial charge < -0.3 is 20.3 Å². The fourth-order valence-electron chi connectivity index (χ4n) is 4.62. The number of phenols is 1. The molecule has 8 nitrogen and oxygen atoms in total. The van der Waals surface area contributed by atoms with Crippen LogP contribution in [-0.2, 0) is 9.84 Å². The first-order valence-corrected chi connectivity index (χ1v) is 15.4. The quantitative estimate of drug-likeness (QED) is 0.335. The van der Waals surface area contributed by atoms with E-state index in [0.717, 1.165) is 28.0 Å². The average Bonchev–Trinajstić information content (AvgIpc) is 3.41. The highest BCUT2D eigenvalue weighted by Crippen LogP contribution is 2.36. The molecule has 2 atom stereocenters. The number of aromatic hydroxyl groups is 1. The van der Waals surface area contributed by atoms with Gasteiger partial charge in [-0.15, -0.1) is 11.3 Å². The van der Waals surface area contributed by atoms with Gasteiger partial charge in [-0.3, -0.25) is 9.69 Å². The van der Waals surface area contributed by atoms with E-state index in [-0.39, 0.29) is 24.3 Å². The molecule has 0 bridgehead atoms. The molecule has 0 fully saturated rings. The number of aliphatic hydroxyl groups excluding tert-OH is 1. The van der Waals surface area contributed by atoms with Gasteiger partial charge in [0.1, 0.15) is 17.7 Å². The molecule has 1 amide bonds. The van der Waals surface area contributed by atoms with Crippen molar-refractivity contribution in [3.63, 3.8) is 0 Å². The number of carbonyl (C=O) groups is 1. The summed E-state index contributed by atoms with van der Waals surface area (Å²) in [6, 6.07) is 16.3. The first kappa shape index (κ1) is 28.8. The van der Waals surface area contributed by atoms with Crippen LogP contribution in [0, 0.1) is 0 Å². The number of sulfone groups is 1. The molecule has 0 saturated carbocycles. The molecule has 0 aliphatic carbocycles. The highest BCUT2D eigenvalue weighted by atomic mass is 32.2. The topological polar surface area (TPSA) is 116 Å². The third-order valence-electron chi connectivity index (χ3n) is 7.31. The maximum absolute atomic E-state index is 12.7. The van der Waals surface area contributed by atoms with E-state index in [1.807, 2.05) is 16.3 Å². The van der Waals surface area contributed by atoms with Gasteiger partial charge >= 0.3 is 0 Å². The van der Waals surface area contributed by atoms with Gasteiger partial charge in [-0.1, -0.05) is 42.5 Å². The van der Waals surface area contributed by atoms with Crippen molar-refractivity contribution in [2.24, 2.45) is 0 Å². The zero-order chi connectivity index (χ0) is 28.2. The summed E-state index contributed by atoms with van der Waals surface area (Å²) in [6.07, 6.45) is 2.78. The van der Waals surface area contributed by atoms with Gasteiger partial charge in [0.15, 0.2) is 9.84 Å². The number of ether oxygens (including phenoxy) is 1. The van der Waals surface area contributed by atoms with Crippen molar-refractivity contribution >= 4 is 32.7 Å². The molecule has 208 valence electrons. The Hall–Kier alpha value is -3.18. The molecule has 1 aliphatic heterocycles. The van der Waals surface area contributed by atoms with Crippen LogP contribution < -0.4 is 10.1 Å². The number of hydrogen-bond donors (Lipinski definition) is 3. The monoisotopic (exact) mass is 570 g/mol. The third kappa shape index (κ3) is 6.52. The number of phenolic OH excluding ortho intramolecular Hbond substituents is 1. The molecule has 0 spiro atoms. The highest BCUT2D eigenvalue weighted by Gasteiger charge is 2.40. The van der Waals surface area contributed by atoms with E-state index in [9.17, 15) is 23.4 Å². The van der Waals surface area contributed by atoms with Crippen molar-refractivity contribution in [1.29, 1.82) is 0 Å². The Morgan fingerprint density at radius 2 is 1.85 bits per heavy atom. The van der Waals surface area contributed by atoms with Crippen LogP contribution in [0.15, 0.2) is 66.1 Å². The van der Waals surface area contributed by atoms with E-state index in [0.29, 0.717) is 19.5 Å². The Morgan fingerprint density at radius 1 is 1.15 bits per heavy atom. The molecule has 4 rings (SSSR count). The molecule has 3 aromatic rings. The van der Waals surface area contributed by atoms with Crippen molar-refractivity contribution in [3.05, 3.63) is 77.2 Å². The average molecular weight is 571 g/mol. The van der Waals surface area contributed by atoms with Crippen LogP contribution in [-0.4, -0.2) is 73.4 Å². The van der Waals surface area contributed by atoms with E-state index in [2.05, 4.69) is 35.7 Å². The minimum Gasteiger partial charge on any atom is -0.507 e. The van der Waals surface area contributed by atoms with Gasteiger partial charge in [0.2, 0.25) is 0 Å². The number of nitrogens with zero attached hydrogens (tertiary/aromatic N) is 1. The van der Waals surface area contributed by atoms with Crippen LogP contribution in [0.1, 0.15) is 35.7 Å². The number of thiophene rings is 1. The van der Waals surface area contributed by atoms with Gasteiger partial charge in [-0.05, 0) is 53.6 Å². The van der Waals surface area contributed by atoms with Crippen LogP contribution in [0.2, 0.25) is 0 Å². The normalized spacial score (nSPS) is 16.7. The Morgan fingerprint density at radius 3 is 2.46 bits per heavy atom. The minimum absolute atomic E-state index is 0.0603. The summed E-state index contributed by atoms with van der Waals surface area (Å²) < 4.78 is 29.5. The van der Waals surface area contributed by atoms with Crippen molar-refractivity contribution in [3.8, 4) is 21.9 Å². The zero-order valence-electron chi connectivity index (χ0n) is 22.3. The smallest absolute Gasteiger partial charge is 0.255 e. The van der Waals surface area contributed by atoms with Crippen molar-refractivity contribution in [2.75, 3.05) is 33.0 Å². The van der Waals surface area contributed by atoms with Gasteiger partial charge in [-0.25, -0.2) is 8.42 Å². The van der Waals surface area contributed by atoms with Crippen LogP contribution in [0.25, 0.3) is 16.0 Å². The van der Waals surface area contributed by atoms with Gasteiger partial charge in [0, 0.05) is 32.3 Å². The molecule has 10 heteroatoms. The number of methoxy groups -OCH3 is 1. The predicted molar refractivity (Wildman–Crippen MR) is 155 cm³/mol. The molecule has 1 aliphatic rings. The Kier molecular flexibility index (Phi) is 8.80. The number of rotatable bonds is 10. The molecule has 0 radical (unpaired) electrons. The van der Waals surface area contributed by atoms with Crippen molar-refractivity contribution in [1.82, 2.24) is 10.2 Å². The fourth-order valence-corrected chi connectivity index (χ4v) is 6.27. The number of amides is 1. The zero-order valence-corrected chi connectivity index (χ0v) is 23.9. The van der Waals surface area contributed by atoms with Crippen LogP contribution in [0.5, 0.6) is 11.5 Å². The first-order valence-electron chi connectivity index (χ1n) is 12.6. The number of aliphatic hydroxyl groups is 1. The Labute approximate surface area is 233 Å². The Balaban J connectivity index is 1.40. The lowest BCUT2D eigenvalue weighted by Gasteiger charge is -2.36. The standard InChI is InChI=1S/C29H34N2O6S2/c1-29(39(3,35)36,19-30-28(34)23-6-4-5-7-24(23)32)18-26(33)31-15-12-21(13-16-31)20-8-10-22(11-9-20)27-25(37-2)14-17-38-27/h4-12,14,17,26,32-33H,13,15-16,18-19H2,1-3H3,(H,30,34). The number of hydrogen-bond acceptors (Lipinski definition) is 8. The maximum atomic E-state index is 12.7. The summed E-state index contributed by atoms with van der Waals surface area (Å²) in [5, 5.41) is 25.6. The highest BCUT2D eigenvalue weighted by molar-refractivity contribution is 7.92. The largest absolute Gasteiger partial charge is 0.507 e. The molecule has 1 aromatic heterocycles. The third-order valence-corrected chi connectivity index (χ3v) is 10.4. The van der Waals surface area contributed by atoms with E-state index >= 15 is 0 Å². The predicted octanol–water partition coefficient (Wildman–Crippen LogP) is 4.16. The Bertz CT molecular complexity index is 1450. The molecular weight excluding hydrogens is 536 g/mol. The van der Waals surface area contributed by atoms with Gasteiger partial charge in [0.05, 0.1) is 22.3 Å². The molecule has 0 saturated heterocycles. The van der Waals surface area contributed by atoms with E-state index in [4.69, 9.17) is 4.74 Å². The summed E-state index contributed by atoms with van der Waals surface area (Å²) in [6.45, 7) is 2.36. The van der Waals surface area contributed by atoms with E-state index in [1.165, 1.54) is 24.6 Å². The number of carbonyl (C=O) groups excluding carboxylic acids is 1. The summed E-state index contributed by atoms with van der Waals surface area (Å²) >= 11 is 1.63. The number of benzene rings is 2. The lowest BCUT2D eigenvalue weighted by molar-refractivity contribution is -0.00246.